The molecule has 1 atom stereocenters. The van der Waals surface area contributed by atoms with Crippen molar-refractivity contribution in [3.63, 3.8) is 0 Å². The molecule has 4 nitrogen and oxygen atoms in total. The second-order valence-corrected chi connectivity index (χ2v) is 5.56. The van der Waals surface area contributed by atoms with Crippen LogP contribution in [0.4, 0.5) is 0 Å². The van der Waals surface area contributed by atoms with Crippen molar-refractivity contribution in [1.82, 2.24) is 0 Å². The third kappa shape index (κ3) is 4.75. The Balaban J connectivity index is 2.26. The molecule has 0 aliphatic rings. The Morgan fingerprint density at radius 2 is 1.88 bits per heavy atom. The summed E-state index contributed by atoms with van der Waals surface area (Å²) in [6, 6.07) is 14.9. The van der Waals surface area contributed by atoms with E-state index in [1.54, 1.807) is 6.07 Å². The van der Waals surface area contributed by atoms with Crippen LogP contribution in [0.15, 0.2) is 48.5 Å². The van der Waals surface area contributed by atoms with Crippen molar-refractivity contribution in [2.75, 3.05) is 13.2 Å². The van der Waals surface area contributed by atoms with Gasteiger partial charge in [-0.2, -0.15) is 0 Å². The van der Waals surface area contributed by atoms with Gasteiger partial charge in [0.25, 0.3) is 0 Å². The van der Waals surface area contributed by atoms with Gasteiger partial charge in [-0.25, -0.2) is 0 Å². The Morgan fingerprint density at radius 1 is 1.08 bits per heavy atom. The summed E-state index contributed by atoms with van der Waals surface area (Å²) < 4.78 is 11.2. The van der Waals surface area contributed by atoms with Gasteiger partial charge in [0.1, 0.15) is 11.5 Å². The quantitative estimate of drug-likeness (QED) is 0.746. The Kier molecular flexibility index (Phi) is 6.67. The van der Waals surface area contributed by atoms with Crippen LogP contribution in [0.3, 0.4) is 0 Å². The fourth-order valence-electron chi connectivity index (χ4n) is 2.58. The van der Waals surface area contributed by atoms with Gasteiger partial charge in [-0.05, 0) is 49.1 Å². The van der Waals surface area contributed by atoms with Crippen LogP contribution in [0, 0.1) is 0 Å². The van der Waals surface area contributed by atoms with E-state index in [1.807, 2.05) is 56.3 Å². The van der Waals surface area contributed by atoms with E-state index in [0.717, 1.165) is 23.3 Å². The molecule has 0 heterocycles. The summed E-state index contributed by atoms with van der Waals surface area (Å²) in [6.45, 7) is 5.12. The first-order valence-corrected chi connectivity index (χ1v) is 8.32. The van der Waals surface area contributed by atoms with Crippen molar-refractivity contribution < 1.29 is 19.4 Å². The molecule has 0 radical (unpaired) electrons. The molecule has 2 aromatic rings. The lowest BCUT2D eigenvalue weighted by atomic mass is 9.91. The molecule has 0 aromatic heterocycles. The average Bonchev–Trinajstić information content (AvgIpc) is 2.59. The van der Waals surface area contributed by atoms with Crippen molar-refractivity contribution in [2.24, 2.45) is 0 Å². The SMILES string of the molecule is CCCOc1ccccc1CC(C(=O)O)c1cccc(OCC)c1. The summed E-state index contributed by atoms with van der Waals surface area (Å²) in [5.41, 5.74) is 1.64. The van der Waals surface area contributed by atoms with E-state index in [0.29, 0.717) is 25.4 Å². The number of carbonyl (C=O) groups is 1. The molecule has 0 aliphatic carbocycles. The van der Waals surface area contributed by atoms with Crippen LogP contribution in [0.1, 0.15) is 37.3 Å². The van der Waals surface area contributed by atoms with Gasteiger partial charge < -0.3 is 14.6 Å². The van der Waals surface area contributed by atoms with Gasteiger partial charge >= 0.3 is 5.97 Å². The molecule has 0 spiro atoms. The van der Waals surface area contributed by atoms with E-state index in [4.69, 9.17) is 9.47 Å². The highest BCUT2D eigenvalue weighted by atomic mass is 16.5. The number of rotatable bonds is 9. The summed E-state index contributed by atoms with van der Waals surface area (Å²) in [4.78, 5) is 11.8. The molecule has 128 valence electrons. The van der Waals surface area contributed by atoms with Crippen LogP contribution in [-0.4, -0.2) is 24.3 Å². The maximum Gasteiger partial charge on any atom is 0.311 e. The van der Waals surface area contributed by atoms with Gasteiger partial charge in [0.05, 0.1) is 19.1 Å². The highest BCUT2D eigenvalue weighted by Crippen LogP contribution is 2.29. The van der Waals surface area contributed by atoms with Crippen molar-refractivity contribution in [3.05, 3.63) is 59.7 Å². The van der Waals surface area contributed by atoms with Crippen molar-refractivity contribution >= 4 is 5.97 Å². The monoisotopic (exact) mass is 328 g/mol. The lowest BCUT2D eigenvalue weighted by Crippen LogP contribution is -2.15. The molecule has 1 unspecified atom stereocenters. The third-order valence-corrected chi connectivity index (χ3v) is 3.73. The lowest BCUT2D eigenvalue weighted by Gasteiger charge is -2.17. The van der Waals surface area contributed by atoms with E-state index in [9.17, 15) is 9.90 Å². The molecule has 2 aromatic carbocycles. The smallest absolute Gasteiger partial charge is 0.311 e. The Bertz CT molecular complexity index is 666. The number of aliphatic carboxylic acids is 1. The number of hydrogen-bond donors (Lipinski definition) is 1. The average molecular weight is 328 g/mol. The van der Waals surface area contributed by atoms with Crippen molar-refractivity contribution in [3.8, 4) is 11.5 Å². The lowest BCUT2D eigenvalue weighted by molar-refractivity contribution is -0.138. The molecule has 0 aliphatic heterocycles. The fraction of sp³-hybridized carbons (Fsp3) is 0.350. The van der Waals surface area contributed by atoms with E-state index in [-0.39, 0.29) is 0 Å². The number of para-hydroxylation sites is 1. The van der Waals surface area contributed by atoms with Crippen LogP contribution in [-0.2, 0) is 11.2 Å². The summed E-state index contributed by atoms with van der Waals surface area (Å²) >= 11 is 0. The molecular weight excluding hydrogens is 304 g/mol. The Morgan fingerprint density at radius 3 is 2.58 bits per heavy atom. The highest BCUT2D eigenvalue weighted by Gasteiger charge is 2.22. The molecule has 0 amide bonds. The topological polar surface area (TPSA) is 55.8 Å². The van der Waals surface area contributed by atoms with Crippen LogP contribution >= 0.6 is 0 Å². The molecule has 2 rings (SSSR count). The first-order chi connectivity index (χ1) is 11.7. The first kappa shape index (κ1) is 17.9. The second kappa shape index (κ2) is 8.96. The van der Waals surface area contributed by atoms with Crippen LogP contribution in [0.2, 0.25) is 0 Å². The van der Waals surface area contributed by atoms with Crippen LogP contribution in [0.25, 0.3) is 0 Å². The van der Waals surface area contributed by atoms with Crippen molar-refractivity contribution in [1.29, 1.82) is 0 Å². The molecular formula is C20H24O4. The van der Waals surface area contributed by atoms with Crippen LogP contribution in [0.5, 0.6) is 11.5 Å². The van der Waals surface area contributed by atoms with E-state index >= 15 is 0 Å². The molecule has 0 bridgehead atoms. The summed E-state index contributed by atoms with van der Waals surface area (Å²) in [6.07, 6.45) is 1.29. The molecule has 0 saturated heterocycles. The van der Waals surface area contributed by atoms with E-state index < -0.39 is 11.9 Å². The zero-order valence-corrected chi connectivity index (χ0v) is 14.2. The van der Waals surface area contributed by atoms with Gasteiger partial charge in [-0.15, -0.1) is 0 Å². The minimum absolute atomic E-state index is 0.380. The van der Waals surface area contributed by atoms with Gasteiger partial charge in [0, 0.05) is 0 Å². The van der Waals surface area contributed by atoms with Crippen molar-refractivity contribution in [2.45, 2.75) is 32.6 Å². The minimum Gasteiger partial charge on any atom is -0.494 e. The number of hydrogen-bond acceptors (Lipinski definition) is 3. The van der Waals surface area contributed by atoms with Gasteiger partial charge in [0.2, 0.25) is 0 Å². The number of carboxylic acid groups (broad SMARTS) is 1. The molecule has 4 heteroatoms. The third-order valence-electron chi connectivity index (χ3n) is 3.73. The number of ether oxygens (including phenoxy) is 2. The fourth-order valence-corrected chi connectivity index (χ4v) is 2.58. The standard InChI is InChI=1S/C20H24O4/c1-3-12-24-19-11-6-5-8-16(19)14-18(20(21)22)15-9-7-10-17(13-15)23-4-2/h5-11,13,18H,3-4,12,14H2,1-2H3,(H,21,22). The first-order valence-electron chi connectivity index (χ1n) is 8.32. The number of benzene rings is 2. The van der Waals surface area contributed by atoms with Crippen LogP contribution < -0.4 is 9.47 Å². The largest absolute Gasteiger partial charge is 0.494 e. The predicted octanol–water partition coefficient (Wildman–Crippen LogP) is 4.29. The summed E-state index contributed by atoms with van der Waals surface area (Å²) in [5, 5.41) is 9.69. The van der Waals surface area contributed by atoms with E-state index in [1.165, 1.54) is 0 Å². The Hall–Kier alpha value is -2.49. The zero-order valence-electron chi connectivity index (χ0n) is 14.2. The van der Waals surface area contributed by atoms with Gasteiger partial charge in [-0.1, -0.05) is 37.3 Å². The summed E-state index contributed by atoms with van der Waals surface area (Å²) in [7, 11) is 0. The highest BCUT2D eigenvalue weighted by molar-refractivity contribution is 5.77. The van der Waals surface area contributed by atoms with E-state index in [2.05, 4.69) is 0 Å². The molecule has 0 fully saturated rings. The number of carboxylic acids is 1. The molecule has 1 N–H and O–H groups in total. The normalized spacial score (nSPS) is 11.8. The second-order valence-electron chi connectivity index (χ2n) is 5.56. The minimum atomic E-state index is -0.853. The maximum absolute atomic E-state index is 11.8. The van der Waals surface area contributed by atoms with Gasteiger partial charge in [-0.3, -0.25) is 4.79 Å². The maximum atomic E-state index is 11.8. The molecule has 24 heavy (non-hydrogen) atoms. The molecule has 0 saturated carbocycles. The Labute approximate surface area is 143 Å². The van der Waals surface area contributed by atoms with Gasteiger partial charge in [0.15, 0.2) is 0 Å². The zero-order chi connectivity index (χ0) is 17.4. The predicted molar refractivity (Wildman–Crippen MR) is 93.9 cm³/mol. The summed E-state index contributed by atoms with van der Waals surface area (Å²) in [5.74, 6) is -0.0472.